The van der Waals surface area contributed by atoms with Gasteiger partial charge in [0.1, 0.15) is 11.5 Å². The lowest BCUT2D eigenvalue weighted by Gasteiger charge is -2.24. The highest BCUT2D eigenvalue weighted by Gasteiger charge is 2.58. The number of pyridine rings is 1. The zero-order valence-corrected chi connectivity index (χ0v) is 20.4. The molecule has 2 atom stereocenters. The molecular formula is C25H34FN7O. The van der Waals surface area contributed by atoms with Crippen LogP contribution in [0.1, 0.15) is 42.9 Å². The van der Waals surface area contributed by atoms with Gasteiger partial charge in [0.15, 0.2) is 17.8 Å². The standard InChI is InChI=1S/C14H18N4O.C9H10FN3.C2H6/c19-9-10-5-16-13(6-15-10)18-7-11-12(8-18)14(11)17-3-1-2-4-17;1-6-4-13-5-7(11-2)3-8(10)9(13)12-6;1-2/h5-6,9,11-12,14H,1-4,7-8H2;3-5,11H,1-2H3;1-2H3. The third kappa shape index (κ3) is 4.89. The summed E-state index contributed by atoms with van der Waals surface area (Å²) < 4.78 is 15.0. The molecule has 3 aromatic heterocycles. The number of aryl methyl sites for hydroxylation is 1. The van der Waals surface area contributed by atoms with Gasteiger partial charge in [-0.1, -0.05) is 13.8 Å². The molecule has 3 fully saturated rings. The smallest absolute Gasteiger partial charge is 0.173 e. The fourth-order valence-electron chi connectivity index (χ4n) is 5.13. The van der Waals surface area contributed by atoms with E-state index in [2.05, 4.69) is 30.1 Å². The molecule has 0 amide bonds. The van der Waals surface area contributed by atoms with Crippen molar-refractivity contribution < 1.29 is 9.18 Å². The Labute approximate surface area is 200 Å². The van der Waals surface area contributed by atoms with Gasteiger partial charge in [0.2, 0.25) is 0 Å². The van der Waals surface area contributed by atoms with Crippen molar-refractivity contribution in [1.82, 2.24) is 24.3 Å². The second-order valence-corrected chi connectivity index (χ2v) is 8.82. The molecule has 182 valence electrons. The Morgan fingerprint density at radius 3 is 2.38 bits per heavy atom. The van der Waals surface area contributed by atoms with E-state index in [4.69, 9.17) is 0 Å². The fraction of sp³-hybridized carbons (Fsp3) is 0.520. The molecule has 6 rings (SSSR count). The van der Waals surface area contributed by atoms with E-state index in [1.54, 1.807) is 36.2 Å². The molecule has 2 saturated heterocycles. The van der Waals surface area contributed by atoms with E-state index in [0.717, 1.165) is 54.5 Å². The van der Waals surface area contributed by atoms with Crippen LogP contribution in [0.25, 0.3) is 5.65 Å². The number of likely N-dealkylation sites (tertiary alicyclic amines) is 1. The Balaban J connectivity index is 0.000000160. The predicted octanol–water partition coefficient (Wildman–Crippen LogP) is 3.67. The van der Waals surface area contributed by atoms with Gasteiger partial charge in [-0.3, -0.25) is 9.69 Å². The van der Waals surface area contributed by atoms with Crippen molar-refractivity contribution in [3.8, 4) is 0 Å². The van der Waals surface area contributed by atoms with Gasteiger partial charge < -0.3 is 14.6 Å². The summed E-state index contributed by atoms with van der Waals surface area (Å²) in [6.45, 7) is 10.6. The van der Waals surface area contributed by atoms with Crippen LogP contribution in [0.5, 0.6) is 0 Å². The van der Waals surface area contributed by atoms with Crippen LogP contribution in [0.2, 0.25) is 0 Å². The highest BCUT2D eigenvalue weighted by atomic mass is 19.1. The van der Waals surface area contributed by atoms with Crippen molar-refractivity contribution in [2.24, 2.45) is 11.8 Å². The Morgan fingerprint density at radius 1 is 1.09 bits per heavy atom. The number of aldehydes is 1. The van der Waals surface area contributed by atoms with Gasteiger partial charge in [-0.05, 0) is 44.7 Å². The number of anilines is 2. The van der Waals surface area contributed by atoms with Crippen LogP contribution < -0.4 is 10.2 Å². The first-order chi connectivity index (χ1) is 16.6. The Bertz CT molecular complexity index is 1100. The number of nitrogens with zero attached hydrogens (tertiary/aromatic N) is 6. The van der Waals surface area contributed by atoms with E-state index in [1.807, 2.05) is 20.8 Å². The van der Waals surface area contributed by atoms with Crippen molar-refractivity contribution in [3.63, 3.8) is 0 Å². The molecule has 5 heterocycles. The van der Waals surface area contributed by atoms with Crippen molar-refractivity contribution >= 4 is 23.4 Å². The minimum atomic E-state index is -0.306. The maximum atomic E-state index is 13.3. The van der Waals surface area contributed by atoms with Gasteiger partial charge in [0.05, 0.1) is 23.8 Å². The van der Waals surface area contributed by atoms with Crippen molar-refractivity contribution in [3.05, 3.63) is 48.1 Å². The first kappa shape index (κ1) is 24.1. The van der Waals surface area contributed by atoms with Gasteiger partial charge in [-0.25, -0.2) is 19.3 Å². The number of halogens is 1. The van der Waals surface area contributed by atoms with Crippen LogP contribution in [0, 0.1) is 24.6 Å². The number of imidazole rings is 1. The van der Waals surface area contributed by atoms with Crippen LogP contribution in [-0.4, -0.2) is 69.8 Å². The average Bonchev–Trinajstić information content (AvgIpc) is 3.35. The molecule has 0 spiro atoms. The molecule has 0 bridgehead atoms. The number of hydrogen-bond donors (Lipinski definition) is 1. The van der Waals surface area contributed by atoms with Gasteiger partial charge in [-0.2, -0.15) is 0 Å². The second-order valence-electron chi connectivity index (χ2n) is 8.82. The number of fused-ring (bicyclic) bond motifs is 2. The lowest BCUT2D eigenvalue weighted by Crippen LogP contribution is -2.33. The highest BCUT2D eigenvalue weighted by molar-refractivity contribution is 5.71. The zero-order chi connectivity index (χ0) is 24.2. The van der Waals surface area contributed by atoms with Crippen LogP contribution in [0.3, 0.4) is 0 Å². The molecule has 1 saturated carbocycles. The number of hydrogen-bond acceptors (Lipinski definition) is 7. The van der Waals surface area contributed by atoms with Gasteiger partial charge in [-0.15, -0.1) is 0 Å². The summed E-state index contributed by atoms with van der Waals surface area (Å²) in [5.41, 5.74) is 2.33. The normalized spacial score (nSPS) is 23.0. The highest BCUT2D eigenvalue weighted by Crippen LogP contribution is 2.50. The maximum absolute atomic E-state index is 13.3. The molecule has 2 unspecified atom stereocenters. The summed E-state index contributed by atoms with van der Waals surface area (Å²) in [5.74, 6) is 2.26. The van der Waals surface area contributed by atoms with E-state index in [9.17, 15) is 9.18 Å². The SMILES string of the molecule is CC.CNc1cc(F)c2nc(C)cn2c1.O=Cc1cnc(N2CC3C(C2)C3N2CCCC2)cn1. The van der Waals surface area contributed by atoms with E-state index in [-0.39, 0.29) is 5.82 Å². The van der Waals surface area contributed by atoms with E-state index in [0.29, 0.717) is 11.3 Å². The number of nitrogens with one attached hydrogen (secondary N) is 1. The molecule has 2 aliphatic heterocycles. The van der Waals surface area contributed by atoms with Crippen LogP contribution >= 0.6 is 0 Å². The lowest BCUT2D eigenvalue weighted by atomic mass is 10.3. The monoisotopic (exact) mass is 467 g/mol. The molecule has 0 radical (unpaired) electrons. The Morgan fingerprint density at radius 2 is 1.79 bits per heavy atom. The van der Waals surface area contributed by atoms with Crippen molar-refractivity contribution in [1.29, 1.82) is 0 Å². The molecule has 1 aliphatic carbocycles. The van der Waals surface area contributed by atoms with Crippen LogP contribution in [0.4, 0.5) is 15.9 Å². The molecule has 8 nitrogen and oxygen atoms in total. The Hall–Kier alpha value is -3.07. The third-order valence-electron chi connectivity index (χ3n) is 6.73. The number of rotatable bonds is 4. The quantitative estimate of drug-likeness (QED) is 0.587. The summed E-state index contributed by atoms with van der Waals surface area (Å²) in [7, 11) is 1.75. The molecule has 0 aromatic carbocycles. The lowest BCUT2D eigenvalue weighted by molar-refractivity contribution is 0.111. The summed E-state index contributed by atoms with van der Waals surface area (Å²) in [6, 6.07) is 2.27. The molecule has 3 aliphatic rings. The Kier molecular flexibility index (Phi) is 7.41. The average molecular weight is 468 g/mol. The maximum Gasteiger partial charge on any atom is 0.173 e. The summed E-state index contributed by atoms with van der Waals surface area (Å²) in [6.07, 6.45) is 10.4. The van der Waals surface area contributed by atoms with Crippen LogP contribution in [0.15, 0.2) is 30.9 Å². The molecule has 3 aromatic rings. The molecule has 1 N–H and O–H groups in total. The van der Waals surface area contributed by atoms with E-state index < -0.39 is 0 Å². The van der Waals surface area contributed by atoms with Gasteiger partial charge in [0.25, 0.3) is 0 Å². The number of carbonyl (C=O) groups is 1. The minimum Gasteiger partial charge on any atom is -0.387 e. The largest absolute Gasteiger partial charge is 0.387 e. The fourth-order valence-corrected chi connectivity index (χ4v) is 5.13. The van der Waals surface area contributed by atoms with Gasteiger partial charge in [0, 0.05) is 44.6 Å². The van der Waals surface area contributed by atoms with Crippen LogP contribution in [-0.2, 0) is 0 Å². The second kappa shape index (κ2) is 10.5. The summed E-state index contributed by atoms with van der Waals surface area (Å²) in [5, 5.41) is 2.88. The molecule has 34 heavy (non-hydrogen) atoms. The first-order valence-electron chi connectivity index (χ1n) is 12.2. The predicted molar refractivity (Wildman–Crippen MR) is 132 cm³/mol. The van der Waals surface area contributed by atoms with Gasteiger partial charge >= 0.3 is 0 Å². The summed E-state index contributed by atoms with van der Waals surface area (Å²) in [4.78, 5) is 28.0. The van der Waals surface area contributed by atoms with E-state index >= 15 is 0 Å². The molecular weight excluding hydrogens is 433 g/mol. The summed E-state index contributed by atoms with van der Waals surface area (Å²) >= 11 is 0. The third-order valence-corrected chi connectivity index (χ3v) is 6.73. The van der Waals surface area contributed by atoms with Crippen molar-refractivity contribution in [2.75, 3.05) is 43.4 Å². The molecule has 9 heteroatoms. The number of aromatic nitrogens is 4. The number of carbonyl (C=O) groups excluding carboxylic acids is 1. The van der Waals surface area contributed by atoms with Crippen molar-refractivity contribution in [2.45, 2.75) is 39.7 Å². The zero-order valence-electron chi connectivity index (χ0n) is 20.4. The first-order valence-corrected chi connectivity index (χ1v) is 12.2. The number of piperidine rings is 1. The van der Waals surface area contributed by atoms with E-state index in [1.165, 1.54) is 32.0 Å². The topological polar surface area (TPSA) is 78.7 Å². The minimum absolute atomic E-state index is 0.306.